The summed E-state index contributed by atoms with van der Waals surface area (Å²) < 4.78 is 15.3. The van der Waals surface area contributed by atoms with E-state index in [1.165, 1.54) is 12.1 Å². The SMILES string of the molecule is Cn1ccnc1[C@@H](NC(=O)NCCCC(N)=O)c1cccc(F)c1. The number of rotatable bonds is 7. The number of nitrogens with two attached hydrogens (primary N) is 1. The van der Waals surface area contributed by atoms with E-state index in [1.54, 1.807) is 36.1 Å². The second-order valence-corrected chi connectivity index (χ2v) is 5.35. The van der Waals surface area contributed by atoms with Crippen molar-refractivity contribution in [3.8, 4) is 0 Å². The van der Waals surface area contributed by atoms with Crippen LogP contribution < -0.4 is 16.4 Å². The lowest BCUT2D eigenvalue weighted by Crippen LogP contribution is -2.39. The molecule has 0 spiro atoms. The number of amides is 3. The summed E-state index contributed by atoms with van der Waals surface area (Å²) in [6, 6.07) is 4.95. The number of hydrogen-bond donors (Lipinski definition) is 3. The fourth-order valence-corrected chi connectivity index (χ4v) is 2.29. The van der Waals surface area contributed by atoms with E-state index in [0.29, 0.717) is 24.4 Å². The van der Waals surface area contributed by atoms with Gasteiger partial charge in [-0.05, 0) is 24.1 Å². The third-order valence-corrected chi connectivity index (χ3v) is 3.46. The van der Waals surface area contributed by atoms with Gasteiger partial charge in [-0.2, -0.15) is 0 Å². The molecule has 0 bridgehead atoms. The van der Waals surface area contributed by atoms with Crippen molar-refractivity contribution in [2.24, 2.45) is 12.8 Å². The van der Waals surface area contributed by atoms with Crippen LogP contribution in [0.4, 0.5) is 9.18 Å². The van der Waals surface area contributed by atoms with E-state index < -0.39 is 23.8 Å². The Hall–Kier alpha value is -2.90. The van der Waals surface area contributed by atoms with Gasteiger partial charge in [0.25, 0.3) is 0 Å². The number of carbonyl (C=O) groups excluding carboxylic acids is 2. The molecule has 4 N–H and O–H groups in total. The lowest BCUT2D eigenvalue weighted by atomic mass is 10.1. The number of aromatic nitrogens is 2. The Balaban J connectivity index is 2.08. The van der Waals surface area contributed by atoms with Gasteiger partial charge < -0.3 is 20.9 Å². The van der Waals surface area contributed by atoms with Crippen molar-refractivity contribution in [2.75, 3.05) is 6.54 Å². The molecule has 0 unspecified atom stereocenters. The lowest BCUT2D eigenvalue weighted by Gasteiger charge is -2.19. The molecule has 0 saturated heterocycles. The first-order valence-electron chi connectivity index (χ1n) is 7.52. The van der Waals surface area contributed by atoms with Crippen molar-refractivity contribution in [1.82, 2.24) is 20.2 Å². The first-order valence-corrected chi connectivity index (χ1v) is 7.52. The highest BCUT2D eigenvalue weighted by Crippen LogP contribution is 2.21. The molecular weight excluding hydrogens is 313 g/mol. The Kier molecular flexibility index (Phi) is 5.89. The van der Waals surface area contributed by atoms with Gasteiger partial charge in [0.05, 0.1) is 0 Å². The zero-order chi connectivity index (χ0) is 17.5. The maximum Gasteiger partial charge on any atom is 0.315 e. The number of benzene rings is 1. The van der Waals surface area contributed by atoms with E-state index in [9.17, 15) is 14.0 Å². The number of nitrogens with one attached hydrogen (secondary N) is 2. The summed E-state index contributed by atoms with van der Waals surface area (Å²) in [5, 5.41) is 5.42. The number of hydrogen-bond acceptors (Lipinski definition) is 3. The maximum absolute atomic E-state index is 13.5. The minimum Gasteiger partial charge on any atom is -0.370 e. The normalized spacial score (nSPS) is 11.8. The number of nitrogens with zero attached hydrogens (tertiary/aromatic N) is 2. The summed E-state index contributed by atoms with van der Waals surface area (Å²) >= 11 is 0. The molecule has 1 heterocycles. The molecule has 1 aromatic carbocycles. The van der Waals surface area contributed by atoms with E-state index in [4.69, 9.17) is 5.73 Å². The summed E-state index contributed by atoms with van der Waals surface area (Å²) in [5.74, 6) is -0.230. The predicted molar refractivity (Wildman–Crippen MR) is 86.4 cm³/mol. The molecule has 0 radical (unpaired) electrons. The van der Waals surface area contributed by atoms with Gasteiger partial charge in [-0.25, -0.2) is 14.2 Å². The molecule has 128 valence electrons. The molecule has 0 aliphatic heterocycles. The Morgan fingerprint density at radius 1 is 1.42 bits per heavy atom. The number of urea groups is 1. The minimum atomic E-state index is -0.600. The van der Waals surface area contributed by atoms with E-state index in [1.807, 2.05) is 0 Å². The zero-order valence-corrected chi connectivity index (χ0v) is 13.3. The van der Waals surface area contributed by atoms with Gasteiger partial charge in [0, 0.05) is 32.4 Å². The highest BCUT2D eigenvalue weighted by atomic mass is 19.1. The number of aryl methyl sites for hydroxylation is 1. The third-order valence-electron chi connectivity index (χ3n) is 3.46. The van der Waals surface area contributed by atoms with Crippen LogP contribution >= 0.6 is 0 Å². The van der Waals surface area contributed by atoms with Gasteiger partial charge in [-0.15, -0.1) is 0 Å². The van der Waals surface area contributed by atoms with E-state index in [-0.39, 0.29) is 6.42 Å². The van der Waals surface area contributed by atoms with Crippen LogP contribution in [0.3, 0.4) is 0 Å². The summed E-state index contributed by atoms with van der Waals surface area (Å²) in [5.41, 5.74) is 5.63. The summed E-state index contributed by atoms with van der Waals surface area (Å²) in [4.78, 5) is 27.0. The molecule has 0 fully saturated rings. The van der Waals surface area contributed by atoms with Crippen LogP contribution in [0, 0.1) is 5.82 Å². The Labute approximate surface area is 139 Å². The van der Waals surface area contributed by atoms with Crippen molar-refractivity contribution in [3.05, 3.63) is 53.9 Å². The number of carbonyl (C=O) groups is 2. The van der Waals surface area contributed by atoms with Crippen molar-refractivity contribution >= 4 is 11.9 Å². The van der Waals surface area contributed by atoms with Gasteiger partial charge in [-0.3, -0.25) is 4.79 Å². The highest BCUT2D eigenvalue weighted by Gasteiger charge is 2.21. The van der Waals surface area contributed by atoms with Crippen molar-refractivity contribution in [3.63, 3.8) is 0 Å². The van der Waals surface area contributed by atoms with Gasteiger partial charge in [-0.1, -0.05) is 12.1 Å². The average Bonchev–Trinajstić information content (AvgIpc) is 2.95. The predicted octanol–water partition coefficient (Wildman–Crippen LogP) is 1.21. The number of primary amides is 1. The third kappa shape index (κ3) is 4.80. The van der Waals surface area contributed by atoms with Gasteiger partial charge in [0.1, 0.15) is 17.7 Å². The Morgan fingerprint density at radius 3 is 2.83 bits per heavy atom. The molecule has 0 aliphatic rings. The topological polar surface area (TPSA) is 102 Å². The van der Waals surface area contributed by atoms with Crippen LogP contribution in [0.15, 0.2) is 36.7 Å². The Morgan fingerprint density at radius 2 is 2.21 bits per heavy atom. The van der Waals surface area contributed by atoms with Crippen LogP contribution in [0.5, 0.6) is 0 Å². The van der Waals surface area contributed by atoms with Crippen LogP contribution in [-0.2, 0) is 11.8 Å². The molecule has 2 aromatic rings. The van der Waals surface area contributed by atoms with E-state index in [0.717, 1.165) is 0 Å². The fourth-order valence-electron chi connectivity index (χ4n) is 2.29. The van der Waals surface area contributed by atoms with Crippen LogP contribution in [0.1, 0.15) is 30.3 Å². The molecule has 0 aliphatic carbocycles. The van der Waals surface area contributed by atoms with Crippen LogP contribution in [-0.4, -0.2) is 28.0 Å². The number of halogens is 1. The first-order chi connectivity index (χ1) is 11.5. The molecule has 0 saturated carbocycles. The fraction of sp³-hybridized carbons (Fsp3) is 0.312. The van der Waals surface area contributed by atoms with E-state index >= 15 is 0 Å². The van der Waals surface area contributed by atoms with Crippen molar-refractivity contribution < 1.29 is 14.0 Å². The highest BCUT2D eigenvalue weighted by molar-refractivity contribution is 5.75. The Bertz CT molecular complexity index is 716. The van der Waals surface area contributed by atoms with Gasteiger partial charge >= 0.3 is 6.03 Å². The molecule has 1 atom stereocenters. The standard InChI is InChI=1S/C16H20FN5O2/c1-22-9-8-19-15(22)14(11-4-2-5-12(17)10-11)21-16(24)20-7-3-6-13(18)23/h2,4-5,8-10,14H,3,6-7H2,1H3,(H2,18,23)(H2,20,21,24)/t14-/m0/s1. The zero-order valence-electron chi connectivity index (χ0n) is 13.3. The quantitative estimate of drug-likeness (QED) is 0.664. The largest absolute Gasteiger partial charge is 0.370 e. The molecule has 8 heteroatoms. The molecule has 3 amide bonds. The molecule has 7 nitrogen and oxygen atoms in total. The molecule has 2 rings (SSSR count). The first kappa shape index (κ1) is 17.5. The molecule has 1 aromatic heterocycles. The average molecular weight is 333 g/mol. The summed E-state index contributed by atoms with van der Waals surface area (Å²) in [6.45, 7) is 0.311. The maximum atomic E-state index is 13.5. The lowest BCUT2D eigenvalue weighted by molar-refractivity contribution is -0.118. The monoisotopic (exact) mass is 333 g/mol. The van der Waals surface area contributed by atoms with Gasteiger partial charge in [0.15, 0.2) is 0 Å². The van der Waals surface area contributed by atoms with E-state index in [2.05, 4.69) is 15.6 Å². The van der Waals surface area contributed by atoms with Gasteiger partial charge in [0.2, 0.25) is 5.91 Å². The van der Waals surface area contributed by atoms with Crippen LogP contribution in [0.25, 0.3) is 0 Å². The van der Waals surface area contributed by atoms with Crippen molar-refractivity contribution in [1.29, 1.82) is 0 Å². The smallest absolute Gasteiger partial charge is 0.315 e. The number of imidazole rings is 1. The van der Waals surface area contributed by atoms with Crippen molar-refractivity contribution in [2.45, 2.75) is 18.9 Å². The minimum absolute atomic E-state index is 0.201. The second-order valence-electron chi connectivity index (χ2n) is 5.35. The summed E-state index contributed by atoms with van der Waals surface area (Å²) in [6.07, 6.45) is 4.00. The van der Waals surface area contributed by atoms with Crippen LogP contribution in [0.2, 0.25) is 0 Å². The molecule has 24 heavy (non-hydrogen) atoms. The second kappa shape index (κ2) is 8.09. The molecular formula is C16H20FN5O2. The summed E-state index contributed by atoms with van der Waals surface area (Å²) in [7, 11) is 1.79.